The Morgan fingerprint density at radius 1 is 0.579 bits per heavy atom. The number of rotatable bonds is 1. The molecular weight excluding hydrogens is 691 g/mol. The maximum absolute atomic E-state index is 11.1. The van der Waals surface area contributed by atoms with Crippen molar-refractivity contribution < 1.29 is 0 Å². The van der Waals surface area contributed by atoms with Crippen molar-refractivity contribution in [3.05, 3.63) is 111 Å². The Labute approximate surface area is 333 Å². The summed E-state index contributed by atoms with van der Waals surface area (Å²) in [5.41, 5.74) is 20.1. The number of aromatic nitrogens is 1. The van der Waals surface area contributed by atoms with E-state index in [1.807, 2.05) is 0 Å². The number of hydrogen-bond acceptors (Lipinski definition) is 2. The zero-order valence-corrected chi connectivity index (χ0v) is 32.9. The third-order valence-electron chi connectivity index (χ3n) is 18.6. The molecule has 5 saturated carbocycles. The van der Waals surface area contributed by atoms with E-state index in [4.69, 9.17) is 0 Å². The van der Waals surface area contributed by atoms with Gasteiger partial charge in [-0.3, -0.25) is 0 Å². The Bertz CT molecular complexity index is 3150. The molecule has 57 heavy (non-hydrogen) atoms. The molecule has 5 fully saturated rings. The lowest BCUT2D eigenvalue weighted by atomic mass is 9.56. The summed E-state index contributed by atoms with van der Waals surface area (Å²) in [5.74, 6) is 5.27. The highest BCUT2D eigenvalue weighted by molar-refractivity contribution is 6.26. The van der Waals surface area contributed by atoms with Crippen molar-refractivity contribution in [1.82, 2.24) is 4.40 Å². The van der Waals surface area contributed by atoms with Crippen LogP contribution in [-0.2, 0) is 5.41 Å². The van der Waals surface area contributed by atoms with Gasteiger partial charge in [-0.25, -0.2) is 0 Å². The SMILES string of the molecule is CC1(C)c2ccccc2-c2cccc(-c3cc4c5c6c(c(C#N)cc5n5c7cc(C#N)c8c(c7c(c3)c45)C3CC4CC5CC8CC54C3)C3CC4CC(C3)CC6C4)c21. The Kier molecular flexibility index (Phi) is 5.30. The van der Waals surface area contributed by atoms with Gasteiger partial charge in [-0.05, 0) is 197 Å². The fourth-order valence-corrected chi connectivity index (χ4v) is 17.0. The van der Waals surface area contributed by atoms with Crippen LogP contribution in [0.25, 0.3) is 60.3 Å². The molecule has 3 heteroatoms. The fourth-order valence-electron chi connectivity index (χ4n) is 17.0. The van der Waals surface area contributed by atoms with E-state index in [0.29, 0.717) is 29.1 Å². The second-order valence-electron chi connectivity index (χ2n) is 21.1. The molecule has 1 spiro atoms. The third-order valence-corrected chi connectivity index (χ3v) is 18.6. The molecule has 2 aromatic heterocycles. The third kappa shape index (κ3) is 3.37. The van der Waals surface area contributed by atoms with Gasteiger partial charge in [-0.1, -0.05) is 56.3 Å². The lowest BCUT2D eigenvalue weighted by Crippen LogP contribution is -2.41. The van der Waals surface area contributed by atoms with Gasteiger partial charge in [0.05, 0.1) is 39.8 Å². The van der Waals surface area contributed by atoms with Crippen LogP contribution in [-0.4, -0.2) is 4.40 Å². The minimum Gasteiger partial charge on any atom is -0.308 e. The van der Waals surface area contributed by atoms with Gasteiger partial charge < -0.3 is 4.40 Å². The number of nitriles is 2. The van der Waals surface area contributed by atoms with Crippen LogP contribution in [0.15, 0.2) is 66.7 Å². The van der Waals surface area contributed by atoms with Crippen LogP contribution < -0.4 is 0 Å². The van der Waals surface area contributed by atoms with Crippen molar-refractivity contribution in [3.8, 4) is 34.4 Å². The van der Waals surface area contributed by atoms with Crippen LogP contribution in [0, 0.1) is 51.7 Å². The van der Waals surface area contributed by atoms with E-state index in [-0.39, 0.29) is 5.41 Å². The van der Waals surface area contributed by atoms with Crippen molar-refractivity contribution in [1.29, 1.82) is 10.5 Å². The molecule has 7 aromatic rings. The van der Waals surface area contributed by atoms with Gasteiger partial charge in [0.1, 0.15) is 0 Å². The average Bonchev–Trinajstić information content (AvgIpc) is 3.91. The standard InChI is InChI=1S/C54H45N3/c1-53(2)42-9-4-3-6-38(42)39-8-5-7-37(51(39)53)28-17-40-49-43(19-33(24-55)45-29-11-26-10-27(12-29)14-30(13-26)47(45)49)57-44-20-34(25-56)46-31-15-35-21-36-16-32(23-54(35,36)22-31)48(46)50(44)41(18-28)52(40)57/h3-9,17-20,26-27,29-32,35-36H,10-16,21-23H2,1-2H3. The second kappa shape index (κ2) is 9.76. The van der Waals surface area contributed by atoms with E-state index in [0.717, 1.165) is 34.8 Å². The van der Waals surface area contributed by atoms with Gasteiger partial charge in [0.25, 0.3) is 0 Å². The van der Waals surface area contributed by atoms with E-state index in [2.05, 4.69) is 97.1 Å². The first-order chi connectivity index (χ1) is 27.8. The van der Waals surface area contributed by atoms with Crippen molar-refractivity contribution in [2.75, 3.05) is 0 Å². The van der Waals surface area contributed by atoms with Gasteiger partial charge in [-0.2, -0.15) is 10.5 Å². The average molecular weight is 736 g/mol. The normalized spacial score (nSPS) is 32.6. The molecule has 7 bridgehead atoms. The predicted octanol–water partition coefficient (Wildman–Crippen LogP) is 13.3. The maximum atomic E-state index is 11.1. The van der Waals surface area contributed by atoms with Crippen molar-refractivity contribution in [3.63, 3.8) is 0 Å². The Morgan fingerprint density at radius 3 is 1.81 bits per heavy atom. The maximum Gasteiger partial charge on any atom is 0.0995 e. The van der Waals surface area contributed by atoms with Gasteiger partial charge in [0.15, 0.2) is 0 Å². The lowest BCUT2D eigenvalue weighted by Gasteiger charge is -2.48. The topological polar surface area (TPSA) is 52.0 Å². The summed E-state index contributed by atoms with van der Waals surface area (Å²) in [5, 5.41) is 27.7. The van der Waals surface area contributed by atoms with E-state index < -0.39 is 0 Å². The molecule has 16 rings (SSSR count). The summed E-state index contributed by atoms with van der Waals surface area (Å²) in [4.78, 5) is 0. The summed E-state index contributed by atoms with van der Waals surface area (Å²) in [6, 6.07) is 31.5. The smallest absolute Gasteiger partial charge is 0.0995 e. The summed E-state index contributed by atoms with van der Waals surface area (Å²) in [6.45, 7) is 4.85. The van der Waals surface area contributed by atoms with Crippen molar-refractivity contribution >= 4 is 38.1 Å². The van der Waals surface area contributed by atoms with E-state index >= 15 is 0 Å². The monoisotopic (exact) mass is 735 g/mol. The molecule has 3 nitrogen and oxygen atoms in total. The van der Waals surface area contributed by atoms with Crippen LogP contribution in [0.5, 0.6) is 0 Å². The van der Waals surface area contributed by atoms with Crippen molar-refractivity contribution in [2.24, 2.45) is 29.1 Å². The molecule has 7 unspecified atom stereocenters. The molecule has 0 radical (unpaired) electrons. The van der Waals surface area contributed by atoms with Gasteiger partial charge in [0.2, 0.25) is 0 Å². The number of nitrogens with zero attached hydrogens (tertiary/aromatic N) is 3. The molecule has 7 atom stereocenters. The minimum absolute atomic E-state index is 0.127. The molecular formula is C54H45N3. The van der Waals surface area contributed by atoms with Gasteiger partial charge in [-0.15, -0.1) is 0 Å². The van der Waals surface area contributed by atoms with Crippen LogP contribution in [0.4, 0.5) is 0 Å². The summed E-state index contributed by atoms with van der Waals surface area (Å²) in [7, 11) is 0. The highest BCUT2D eigenvalue weighted by atomic mass is 14.9. The molecule has 0 N–H and O–H groups in total. The van der Waals surface area contributed by atoms with E-state index in [1.165, 1.54) is 158 Å². The Hall–Kier alpha value is -5.12. The quantitative estimate of drug-likeness (QED) is 0.169. The number of fused-ring (bicyclic) bond motifs is 15. The Morgan fingerprint density at radius 2 is 1.14 bits per heavy atom. The first-order valence-corrected chi connectivity index (χ1v) is 22.3. The van der Waals surface area contributed by atoms with E-state index in [9.17, 15) is 10.5 Å². The Balaban J connectivity index is 1.13. The van der Waals surface area contributed by atoms with Crippen LogP contribution >= 0.6 is 0 Å². The first-order valence-electron chi connectivity index (χ1n) is 22.3. The summed E-state index contributed by atoms with van der Waals surface area (Å²) in [6.07, 6.45) is 12.9. The summed E-state index contributed by atoms with van der Waals surface area (Å²) < 4.78 is 2.57. The molecule has 9 aliphatic carbocycles. The van der Waals surface area contributed by atoms with Crippen molar-refractivity contribution in [2.45, 2.75) is 107 Å². The molecule has 276 valence electrons. The second-order valence-corrected chi connectivity index (χ2v) is 21.1. The summed E-state index contributed by atoms with van der Waals surface area (Å²) >= 11 is 0. The largest absolute Gasteiger partial charge is 0.308 e. The van der Waals surface area contributed by atoms with Crippen LogP contribution in [0.3, 0.4) is 0 Å². The molecule has 5 aromatic carbocycles. The highest BCUT2D eigenvalue weighted by Crippen LogP contribution is 2.77. The minimum atomic E-state index is -0.127. The molecule has 9 aliphatic rings. The molecule has 0 aliphatic heterocycles. The fraction of sp³-hybridized carbons (Fsp3) is 0.407. The van der Waals surface area contributed by atoms with Crippen LogP contribution in [0.1, 0.15) is 146 Å². The van der Waals surface area contributed by atoms with Gasteiger partial charge >= 0.3 is 0 Å². The zero-order chi connectivity index (χ0) is 37.4. The number of hydrogen-bond donors (Lipinski definition) is 0. The predicted molar refractivity (Wildman–Crippen MR) is 227 cm³/mol. The van der Waals surface area contributed by atoms with Crippen LogP contribution in [0.2, 0.25) is 0 Å². The molecule has 2 heterocycles. The van der Waals surface area contributed by atoms with E-state index in [1.54, 1.807) is 0 Å². The first kappa shape index (κ1) is 30.9. The molecule has 0 saturated heterocycles. The lowest BCUT2D eigenvalue weighted by molar-refractivity contribution is 0.00322. The zero-order valence-electron chi connectivity index (χ0n) is 32.9. The molecule has 0 amide bonds. The highest BCUT2D eigenvalue weighted by Gasteiger charge is 2.66. The number of benzene rings is 5. The van der Waals surface area contributed by atoms with Gasteiger partial charge in [0, 0.05) is 27.0 Å².